The number of non-ortho nitro benzene ring substituents is 1. The van der Waals surface area contributed by atoms with Gasteiger partial charge >= 0.3 is 0 Å². The molecule has 2 aliphatic rings. The molecule has 180 valence electrons. The summed E-state index contributed by atoms with van der Waals surface area (Å²) < 4.78 is 11.7. The molecular weight excluding hydrogens is 446 g/mol. The number of hydrogen-bond donors (Lipinski definition) is 0. The summed E-state index contributed by atoms with van der Waals surface area (Å²) in [6.45, 7) is 1.78. The molecule has 0 saturated carbocycles. The first-order valence-corrected chi connectivity index (χ1v) is 11.7. The number of piperidine rings is 1. The van der Waals surface area contributed by atoms with Crippen molar-refractivity contribution in [2.24, 2.45) is 0 Å². The lowest BCUT2D eigenvalue weighted by Gasteiger charge is -2.45. The molecule has 0 aliphatic carbocycles. The number of nitro benzene ring substituents is 1. The number of carbonyl (C=O) groups excluding carboxylic acids is 1. The van der Waals surface area contributed by atoms with Crippen LogP contribution in [0.1, 0.15) is 34.8 Å². The monoisotopic (exact) mass is 473 g/mol. The molecule has 3 aromatic rings. The lowest BCUT2D eigenvalue weighted by atomic mass is 9.95. The summed E-state index contributed by atoms with van der Waals surface area (Å²) in [6, 6.07) is 23.6. The largest absolute Gasteiger partial charge is 0.497 e. The molecule has 0 radical (unpaired) electrons. The van der Waals surface area contributed by atoms with Crippen LogP contribution in [0.15, 0.2) is 78.9 Å². The zero-order valence-electron chi connectivity index (χ0n) is 19.5. The highest BCUT2D eigenvalue weighted by Gasteiger charge is 2.52. The Morgan fingerprint density at radius 3 is 2.26 bits per heavy atom. The first-order chi connectivity index (χ1) is 17.0. The number of amides is 1. The molecule has 0 N–H and O–H groups in total. The molecule has 2 aliphatic heterocycles. The highest BCUT2D eigenvalue weighted by atomic mass is 16.6. The van der Waals surface area contributed by atoms with Gasteiger partial charge in [-0.3, -0.25) is 14.9 Å². The topological polar surface area (TPSA) is 85.1 Å². The van der Waals surface area contributed by atoms with Crippen LogP contribution in [0.4, 0.5) is 11.4 Å². The molecule has 1 amide bonds. The van der Waals surface area contributed by atoms with Crippen LogP contribution in [-0.2, 0) is 4.74 Å². The fourth-order valence-corrected chi connectivity index (χ4v) is 5.07. The molecule has 2 saturated heterocycles. The van der Waals surface area contributed by atoms with Crippen LogP contribution in [0.25, 0.3) is 0 Å². The Balaban J connectivity index is 1.41. The summed E-state index contributed by atoms with van der Waals surface area (Å²) in [7, 11) is 1.60. The maximum Gasteiger partial charge on any atom is 0.269 e. The molecule has 0 bridgehead atoms. The molecule has 8 nitrogen and oxygen atoms in total. The van der Waals surface area contributed by atoms with Crippen LogP contribution in [0.2, 0.25) is 0 Å². The fraction of sp³-hybridized carbons (Fsp3) is 0.296. The van der Waals surface area contributed by atoms with Crippen molar-refractivity contribution in [3.8, 4) is 5.75 Å². The summed E-state index contributed by atoms with van der Waals surface area (Å²) in [5.41, 5.74) is 1.92. The van der Waals surface area contributed by atoms with E-state index in [4.69, 9.17) is 9.47 Å². The molecule has 1 unspecified atom stereocenters. The molecule has 3 aromatic carbocycles. The van der Waals surface area contributed by atoms with Crippen LogP contribution >= 0.6 is 0 Å². The van der Waals surface area contributed by atoms with E-state index >= 15 is 0 Å². The number of anilines is 1. The summed E-state index contributed by atoms with van der Waals surface area (Å²) in [4.78, 5) is 28.6. The standard InChI is InChI=1S/C27H27N3O5/c1-34-24-13-7-21(8-14-24)26(31)29-25(20-5-3-2-4-6-20)19-35-27(29)15-17-28(18-16-27)22-9-11-23(12-10-22)30(32)33/h2-14,25H,15-19H2,1H3. The van der Waals surface area contributed by atoms with Crippen LogP contribution < -0.4 is 9.64 Å². The highest BCUT2D eigenvalue weighted by Crippen LogP contribution is 2.44. The van der Waals surface area contributed by atoms with Gasteiger partial charge in [0.15, 0.2) is 0 Å². The SMILES string of the molecule is COc1ccc(C(=O)N2C(c3ccccc3)COC23CCN(c2ccc([N+](=O)[O-])cc2)CC3)cc1. The van der Waals surface area contributed by atoms with Crippen LogP contribution in [-0.4, -0.2) is 48.3 Å². The van der Waals surface area contributed by atoms with Crippen LogP contribution in [0, 0.1) is 10.1 Å². The quantitative estimate of drug-likeness (QED) is 0.390. The van der Waals surface area contributed by atoms with Gasteiger partial charge in [0.1, 0.15) is 11.5 Å². The summed E-state index contributed by atoms with van der Waals surface area (Å²) in [5, 5.41) is 11.0. The Morgan fingerprint density at radius 1 is 1.00 bits per heavy atom. The maximum atomic E-state index is 13.9. The molecule has 8 heteroatoms. The molecule has 1 atom stereocenters. The van der Waals surface area contributed by atoms with E-state index in [1.807, 2.05) is 35.2 Å². The van der Waals surface area contributed by atoms with Crippen molar-refractivity contribution >= 4 is 17.3 Å². The van der Waals surface area contributed by atoms with Gasteiger partial charge in [0.05, 0.1) is 24.7 Å². The van der Waals surface area contributed by atoms with Crippen molar-refractivity contribution in [1.29, 1.82) is 0 Å². The zero-order valence-corrected chi connectivity index (χ0v) is 19.5. The van der Waals surface area contributed by atoms with E-state index in [1.54, 1.807) is 43.5 Å². The minimum atomic E-state index is -0.713. The Hall–Kier alpha value is -3.91. The number of nitrogens with zero attached hydrogens (tertiary/aromatic N) is 3. The molecule has 2 fully saturated rings. The third-order valence-electron chi connectivity index (χ3n) is 6.97. The number of methoxy groups -OCH3 is 1. The van der Waals surface area contributed by atoms with Gasteiger partial charge in [-0.25, -0.2) is 0 Å². The Bertz CT molecular complexity index is 1190. The second-order valence-electron chi connectivity index (χ2n) is 8.85. The van der Waals surface area contributed by atoms with Gasteiger partial charge in [-0.2, -0.15) is 0 Å². The van der Waals surface area contributed by atoms with Crippen molar-refractivity contribution in [2.75, 3.05) is 31.7 Å². The van der Waals surface area contributed by atoms with E-state index in [0.29, 0.717) is 43.9 Å². The van der Waals surface area contributed by atoms with E-state index in [1.165, 1.54) is 12.1 Å². The first-order valence-electron chi connectivity index (χ1n) is 11.7. The first kappa shape index (κ1) is 22.9. The smallest absolute Gasteiger partial charge is 0.269 e. The highest BCUT2D eigenvalue weighted by molar-refractivity contribution is 5.95. The van der Waals surface area contributed by atoms with Gasteiger partial charge in [-0.15, -0.1) is 0 Å². The average Bonchev–Trinajstić information content (AvgIpc) is 3.27. The third kappa shape index (κ3) is 4.33. The molecular formula is C27H27N3O5. The van der Waals surface area contributed by atoms with E-state index in [9.17, 15) is 14.9 Å². The Kier molecular flexibility index (Phi) is 6.13. The fourth-order valence-electron chi connectivity index (χ4n) is 5.07. The molecule has 1 spiro atoms. The van der Waals surface area contributed by atoms with Gasteiger partial charge in [0.2, 0.25) is 0 Å². The normalized spacial score (nSPS) is 19.1. The molecule has 0 aromatic heterocycles. The Morgan fingerprint density at radius 2 is 1.66 bits per heavy atom. The average molecular weight is 474 g/mol. The molecule has 2 heterocycles. The number of benzene rings is 3. The second-order valence-corrected chi connectivity index (χ2v) is 8.85. The van der Waals surface area contributed by atoms with E-state index in [0.717, 1.165) is 11.3 Å². The van der Waals surface area contributed by atoms with Gasteiger partial charge in [-0.1, -0.05) is 30.3 Å². The molecule has 5 rings (SSSR count). The maximum absolute atomic E-state index is 13.9. The van der Waals surface area contributed by atoms with E-state index < -0.39 is 10.6 Å². The number of rotatable bonds is 5. The number of nitro groups is 1. The number of hydrogen-bond acceptors (Lipinski definition) is 6. The van der Waals surface area contributed by atoms with Crippen molar-refractivity contribution in [2.45, 2.75) is 24.6 Å². The summed E-state index contributed by atoms with van der Waals surface area (Å²) >= 11 is 0. The van der Waals surface area contributed by atoms with Crippen LogP contribution in [0.5, 0.6) is 5.75 Å². The third-order valence-corrected chi connectivity index (χ3v) is 6.97. The predicted octanol–water partition coefficient (Wildman–Crippen LogP) is 4.81. The number of ether oxygens (including phenoxy) is 2. The predicted molar refractivity (Wildman–Crippen MR) is 132 cm³/mol. The van der Waals surface area contributed by atoms with Gasteiger partial charge in [-0.05, 0) is 42.0 Å². The summed E-state index contributed by atoms with van der Waals surface area (Å²) in [6.07, 6.45) is 1.27. The van der Waals surface area contributed by atoms with Crippen molar-refractivity contribution in [1.82, 2.24) is 4.90 Å². The minimum absolute atomic E-state index is 0.0669. The van der Waals surface area contributed by atoms with E-state index in [2.05, 4.69) is 4.90 Å². The lowest BCUT2D eigenvalue weighted by Crippen LogP contribution is -2.55. The van der Waals surface area contributed by atoms with Crippen LogP contribution in [0.3, 0.4) is 0 Å². The molecule has 35 heavy (non-hydrogen) atoms. The summed E-state index contributed by atoms with van der Waals surface area (Å²) in [5.74, 6) is 0.632. The van der Waals surface area contributed by atoms with E-state index in [-0.39, 0.29) is 17.6 Å². The lowest BCUT2D eigenvalue weighted by molar-refractivity contribution is -0.384. The van der Waals surface area contributed by atoms with Crippen molar-refractivity contribution < 1.29 is 19.2 Å². The van der Waals surface area contributed by atoms with Crippen molar-refractivity contribution in [3.05, 3.63) is 100 Å². The minimum Gasteiger partial charge on any atom is -0.497 e. The number of carbonyl (C=O) groups is 1. The zero-order chi connectivity index (χ0) is 24.4. The van der Waals surface area contributed by atoms with Gasteiger partial charge in [0, 0.05) is 49.3 Å². The Labute approximate surface area is 203 Å². The second kappa shape index (κ2) is 9.38. The van der Waals surface area contributed by atoms with Gasteiger partial charge < -0.3 is 19.3 Å². The van der Waals surface area contributed by atoms with Crippen molar-refractivity contribution in [3.63, 3.8) is 0 Å². The van der Waals surface area contributed by atoms with Gasteiger partial charge in [0.25, 0.3) is 11.6 Å².